The van der Waals surface area contributed by atoms with Gasteiger partial charge in [0, 0.05) is 11.1 Å². The first-order valence-electron chi connectivity index (χ1n) is 10.6. The quantitative estimate of drug-likeness (QED) is 0.670. The van der Waals surface area contributed by atoms with E-state index in [0.717, 1.165) is 40.8 Å². The topological polar surface area (TPSA) is 75.1 Å². The highest BCUT2D eigenvalue weighted by Gasteiger charge is 2.73. The average molecular weight is 402 g/mol. The number of nitrogens with zero attached hydrogens (tertiary/aromatic N) is 2. The molecular formula is C25H27N3O2. The molecule has 1 amide bonds. The van der Waals surface area contributed by atoms with Crippen LogP contribution in [0.4, 0.5) is 5.69 Å². The fraction of sp³-hybridized carbons (Fsp3) is 0.400. The largest absolute Gasteiger partial charge is 0.389 e. The molecule has 2 aliphatic rings. The van der Waals surface area contributed by atoms with Crippen LogP contribution in [0.2, 0.25) is 0 Å². The van der Waals surface area contributed by atoms with E-state index in [1.54, 1.807) is 6.92 Å². The monoisotopic (exact) mass is 401 g/mol. The molecule has 0 saturated heterocycles. The number of aliphatic hydroxyl groups excluding tert-OH is 1. The fourth-order valence-corrected chi connectivity index (χ4v) is 5.66. The number of hydrogen-bond acceptors (Lipinski definition) is 4. The maximum absolute atomic E-state index is 13.9. The van der Waals surface area contributed by atoms with Gasteiger partial charge >= 0.3 is 0 Å². The molecule has 5 nitrogen and oxygen atoms in total. The van der Waals surface area contributed by atoms with E-state index in [4.69, 9.17) is 9.97 Å². The van der Waals surface area contributed by atoms with E-state index in [9.17, 15) is 9.90 Å². The second kappa shape index (κ2) is 6.11. The first kappa shape index (κ1) is 19.2. The third-order valence-corrected chi connectivity index (χ3v) is 7.96. The summed E-state index contributed by atoms with van der Waals surface area (Å²) in [7, 11) is 0. The van der Waals surface area contributed by atoms with Crippen molar-refractivity contribution in [3.63, 3.8) is 0 Å². The second-order valence-corrected chi connectivity index (χ2v) is 9.53. The van der Waals surface area contributed by atoms with Crippen molar-refractivity contribution in [1.29, 1.82) is 0 Å². The fourth-order valence-electron chi connectivity index (χ4n) is 5.66. The molecule has 1 fully saturated rings. The van der Waals surface area contributed by atoms with Crippen molar-refractivity contribution in [2.75, 3.05) is 5.32 Å². The summed E-state index contributed by atoms with van der Waals surface area (Å²) < 4.78 is 0. The first-order chi connectivity index (χ1) is 14.2. The van der Waals surface area contributed by atoms with Gasteiger partial charge in [-0.1, -0.05) is 45.0 Å². The number of rotatable bonds is 3. The van der Waals surface area contributed by atoms with Gasteiger partial charge in [0.05, 0.1) is 33.9 Å². The molecule has 3 aromatic rings. The number of benzene rings is 2. The van der Waals surface area contributed by atoms with E-state index in [0.29, 0.717) is 5.69 Å². The third kappa shape index (κ3) is 2.24. The van der Waals surface area contributed by atoms with Crippen LogP contribution < -0.4 is 5.32 Å². The van der Waals surface area contributed by atoms with Gasteiger partial charge in [-0.2, -0.15) is 0 Å². The van der Waals surface area contributed by atoms with E-state index >= 15 is 0 Å². The number of para-hydroxylation sites is 2. The number of carbonyl (C=O) groups is 1. The highest BCUT2D eigenvalue weighted by molar-refractivity contribution is 6.02. The van der Waals surface area contributed by atoms with Crippen LogP contribution in [0.5, 0.6) is 0 Å². The Balaban J connectivity index is 1.65. The molecule has 3 atom stereocenters. The van der Waals surface area contributed by atoms with Crippen LogP contribution in [0.15, 0.2) is 48.5 Å². The van der Waals surface area contributed by atoms with Crippen molar-refractivity contribution >= 4 is 22.6 Å². The molecule has 3 unspecified atom stereocenters. The highest BCUT2D eigenvalue weighted by atomic mass is 16.3. The molecule has 1 aromatic heterocycles. The molecule has 30 heavy (non-hydrogen) atoms. The maximum Gasteiger partial charge on any atom is 0.237 e. The molecule has 1 heterocycles. The normalized spacial score (nSPS) is 27.1. The molecule has 2 aliphatic carbocycles. The Bertz CT molecular complexity index is 1190. The van der Waals surface area contributed by atoms with Crippen molar-refractivity contribution in [3.05, 3.63) is 65.5 Å². The predicted molar refractivity (Wildman–Crippen MR) is 117 cm³/mol. The molecular weight excluding hydrogens is 374 g/mol. The Morgan fingerprint density at radius 2 is 1.67 bits per heavy atom. The minimum absolute atomic E-state index is 0.0395. The number of carbonyl (C=O) groups excluding carboxylic acids is 1. The Morgan fingerprint density at radius 3 is 2.33 bits per heavy atom. The lowest BCUT2D eigenvalue weighted by atomic mass is 9.63. The van der Waals surface area contributed by atoms with E-state index in [1.807, 2.05) is 48.5 Å². The smallest absolute Gasteiger partial charge is 0.237 e. The highest BCUT2D eigenvalue weighted by Crippen LogP contribution is 2.70. The molecule has 0 spiro atoms. The van der Waals surface area contributed by atoms with Crippen molar-refractivity contribution in [1.82, 2.24) is 9.97 Å². The Labute approximate surface area is 176 Å². The Kier molecular flexibility index (Phi) is 3.91. The lowest BCUT2D eigenvalue weighted by Crippen LogP contribution is -2.48. The van der Waals surface area contributed by atoms with Crippen LogP contribution in [-0.4, -0.2) is 21.0 Å². The summed E-state index contributed by atoms with van der Waals surface area (Å²) in [6, 6.07) is 15.3. The molecule has 2 aromatic carbocycles. The Morgan fingerprint density at radius 1 is 1.00 bits per heavy atom. The number of aromatic nitrogens is 2. The van der Waals surface area contributed by atoms with E-state index in [-0.39, 0.29) is 16.7 Å². The van der Waals surface area contributed by atoms with Gasteiger partial charge in [0.2, 0.25) is 5.91 Å². The number of anilines is 1. The number of hydrogen-bond donors (Lipinski definition) is 2. The van der Waals surface area contributed by atoms with Crippen LogP contribution >= 0.6 is 0 Å². The van der Waals surface area contributed by atoms with Crippen molar-refractivity contribution in [2.24, 2.45) is 5.41 Å². The average Bonchev–Trinajstić information content (AvgIpc) is 3.02. The van der Waals surface area contributed by atoms with Gasteiger partial charge in [-0.25, -0.2) is 9.97 Å². The molecule has 5 heteroatoms. The zero-order valence-corrected chi connectivity index (χ0v) is 17.9. The van der Waals surface area contributed by atoms with Crippen LogP contribution in [0.1, 0.15) is 63.6 Å². The van der Waals surface area contributed by atoms with Crippen LogP contribution in [0.25, 0.3) is 11.0 Å². The molecule has 0 radical (unpaired) electrons. The maximum atomic E-state index is 13.9. The van der Waals surface area contributed by atoms with Gasteiger partial charge in [0.15, 0.2) is 0 Å². The minimum Gasteiger partial charge on any atom is -0.389 e. The number of fused-ring (bicyclic) bond motifs is 6. The summed E-state index contributed by atoms with van der Waals surface area (Å²) in [4.78, 5) is 23.9. The summed E-state index contributed by atoms with van der Waals surface area (Å²) >= 11 is 0. The summed E-state index contributed by atoms with van der Waals surface area (Å²) in [5.74, 6) is -0.0395. The zero-order valence-electron chi connectivity index (χ0n) is 17.9. The van der Waals surface area contributed by atoms with E-state index in [2.05, 4.69) is 26.1 Å². The summed E-state index contributed by atoms with van der Waals surface area (Å²) in [5.41, 5.74) is 3.68. The summed E-state index contributed by atoms with van der Waals surface area (Å²) in [6.45, 7) is 8.31. The lowest BCUT2D eigenvalue weighted by Gasteiger charge is -2.39. The van der Waals surface area contributed by atoms with Gasteiger partial charge in [-0.05, 0) is 55.0 Å². The summed E-state index contributed by atoms with van der Waals surface area (Å²) in [6.07, 6.45) is 1.07. The molecule has 2 bridgehead atoms. The van der Waals surface area contributed by atoms with E-state index in [1.165, 1.54) is 0 Å². The zero-order chi connectivity index (χ0) is 21.3. The Hall–Kier alpha value is -2.79. The van der Waals surface area contributed by atoms with Gasteiger partial charge in [0.25, 0.3) is 0 Å². The molecule has 2 N–H and O–H groups in total. The first-order valence-corrected chi connectivity index (χ1v) is 10.6. The van der Waals surface area contributed by atoms with Crippen molar-refractivity contribution in [3.8, 4) is 0 Å². The van der Waals surface area contributed by atoms with E-state index < -0.39 is 11.5 Å². The van der Waals surface area contributed by atoms with Gasteiger partial charge in [-0.15, -0.1) is 0 Å². The molecule has 0 aliphatic heterocycles. The summed E-state index contributed by atoms with van der Waals surface area (Å²) in [5, 5.41) is 13.1. The molecule has 154 valence electrons. The number of nitrogens with one attached hydrogen (secondary N) is 1. The van der Waals surface area contributed by atoms with Crippen LogP contribution in [-0.2, 0) is 15.6 Å². The third-order valence-electron chi connectivity index (χ3n) is 7.96. The lowest BCUT2D eigenvalue weighted by molar-refractivity contribution is -0.125. The van der Waals surface area contributed by atoms with Gasteiger partial charge in [0.1, 0.15) is 0 Å². The van der Waals surface area contributed by atoms with Crippen molar-refractivity contribution in [2.45, 2.75) is 57.5 Å². The molecule has 5 rings (SSSR count). The van der Waals surface area contributed by atoms with Crippen molar-refractivity contribution < 1.29 is 9.90 Å². The minimum atomic E-state index is -0.741. The van der Waals surface area contributed by atoms with Gasteiger partial charge in [-0.3, -0.25) is 4.79 Å². The van der Waals surface area contributed by atoms with Crippen LogP contribution in [0, 0.1) is 5.41 Å². The number of aliphatic hydroxyl groups is 1. The van der Waals surface area contributed by atoms with Crippen LogP contribution in [0.3, 0.4) is 0 Å². The number of amides is 1. The SMILES string of the molecule is CC(O)c1cccc(NC(=O)C23CCC(C)(c4nc5ccccc5nc42)C3(C)C)c1. The predicted octanol–water partition coefficient (Wildman–Crippen LogP) is 4.65. The second-order valence-electron chi connectivity index (χ2n) is 9.53. The molecule has 1 saturated carbocycles. The van der Waals surface area contributed by atoms with Gasteiger partial charge < -0.3 is 10.4 Å². The standard InChI is InChI=1S/C25H27N3O2/c1-15(29)16-8-7-9-17(14-16)26-22(30)25-13-12-24(4,23(25,2)3)20-21(25)28-19-11-6-5-10-18(19)27-20/h5-11,14-15,29H,12-13H2,1-4H3,(H,26,30).